The van der Waals surface area contributed by atoms with E-state index in [2.05, 4.69) is 124 Å². The molecule has 0 radical (unpaired) electrons. The molecular formula is C34H22N4. The Balaban J connectivity index is 1.55. The smallest absolute Gasteiger partial charge is 0.149 e. The van der Waals surface area contributed by atoms with E-state index in [0.717, 1.165) is 55.6 Å². The van der Waals surface area contributed by atoms with Crippen LogP contribution in [0.5, 0.6) is 0 Å². The highest BCUT2D eigenvalue weighted by atomic mass is 15.1. The van der Waals surface area contributed by atoms with E-state index in [1.165, 1.54) is 10.9 Å². The van der Waals surface area contributed by atoms with Crippen molar-refractivity contribution in [2.45, 2.75) is 0 Å². The van der Waals surface area contributed by atoms with E-state index in [4.69, 9.17) is 9.97 Å². The van der Waals surface area contributed by atoms with E-state index in [1.807, 2.05) is 18.3 Å². The van der Waals surface area contributed by atoms with Crippen molar-refractivity contribution in [1.29, 1.82) is 0 Å². The predicted octanol–water partition coefficient (Wildman–Crippen LogP) is 8.34. The van der Waals surface area contributed by atoms with Gasteiger partial charge in [0.1, 0.15) is 11.3 Å². The molecule has 0 bridgehead atoms. The van der Waals surface area contributed by atoms with Crippen LogP contribution in [0.25, 0.3) is 66.5 Å². The van der Waals surface area contributed by atoms with Gasteiger partial charge < -0.3 is 0 Å². The minimum Gasteiger partial charge on any atom is -0.294 e. The fraction of sp³-hybridized carbons (Fsp3) is 0. The van der Waals surface area contributed by atoms with Gasteiger partial charge in [0.25, 0.3) is 0 Å². The Labute approximate surface area is 219 Å². The highest BCUT2D eigenvalue weighted by Crippen LogP contribution is 2.38. The summed E-state index contributed by atoms with van der Waals surface area (Å²) >= 11 is 0. The molecule has 8 rings (SSSR count). The second-order valence-corrected chi connectivity index (χ2v) is 9.51. The van der Waals surface area contributed by atoms with Gasteiger partial charge in [-0.1, -0.05) is 84.9 Å². The number of rotatable bonds is 3. The quantitative estimate of drug-likeness (QED) is 0.252. The van der Waals surface area contributed by atoms with Gasteiger partial charge in [-0.3, -0.25) is 14.1 Å². The third kappa shape index (κ3) is 2.98. The first kappa shape index (κ1) is 20.9. The zero-order valence-electron chi connectivity index (χ0n) is 20.5. The molecule has 0 saturated heterocycles. The van der Waals surface area contributed by atoms with Gasteiger partial charge in [0.15, 0.2) is 0 Å². The fourth-order valence-corrected chi connectivity index (χ4v) is 5.73. The molecular weight excluding hydrogens is 464 g/mol. The molecule has 8 aromatic rings. The molecule has 0 unspecified atom stereocenters. The largest absolute Gasteiger partial charge is 0.294 e. The number of para-hydroxylation sites is 3. The van der Waals surface area contributed by atoms with E-state index < -0.39 is 0 Å². The Bertz CT molecular complexity index is 2120. The van der Waals surface area contributed by atoms with Crippen molar-refractivity contribution in [2.24, 2.45) is 0 Å². The number of hydrogen-bond acceptors (Lipinski definition) is 2. The van der Waals surface area contributed by atoms with Gasteiger partial charge in [0.2, 0.25) is 0 Å². The molecule has 4 heterocycles. The van der Waals surface area contributed by atoms with Crippen LogP contribution < -0.4 is 0 Å². The third-order valence-electron chi connectivity index (χ3n) is 7.37. The highest BCUT2D eigenvalue weighted by molar-refractivity contribution is 6.15. The van der Waals surface area contributed by atoms with E-state index in [9.17, 15) is 0 Å². The van der Waals surface area contributed by atoms with Crippen LogP contribution in [0, 0.1) is 0 Å². The third-order valence-corrected chi connectivity index (χ3v) is 7.37. The lowest BCUT2D eigenvalue weighted by atomic mass is 10.0. The molecule has 0 spiro atoms. The summed E-state index contributed by atoms with van der Waals surface area (Å²) in [5.74, 6) is 0. The van der Waals surface area contributed by atoms with Crippen molar-refractivity contribution >= 4 is 44.0 Å². The molecule has 0 atom stereocenters. The van der Waals surface area contributed by atoms with Gasteiger partial charge in [-0.2, -0.15) is 0 Å². The maximum atomic E-state index is 5.43. The van der Waals surface area contributed by atoms with Gasteiger partial charge in [-0.05, 0) is 48.0 Å². The molecule has 4 aromatic heterocycles. The number of aromatic nitrogens is 4. The summed E-state index contributed by atoms with van der Waals surface area (Å²) in [4.78, 5) is 10.3. The molecule has 0 fully saturated rings. The summed E-state index contributed by atoms with van der Waals surface area (Å²) in [6, 6.07) is 44.5. The Morgan fingerprint density at radius 2 is 1.18 bits per heavy atom. The van der Waals surface area contributed by atoms with E-state index in [-0.39, 0.29) is 0 Å². The van der Waals surface area contributed by atoms with E-state index in [1.54, 1.807) is 0 Å². The predicted molar refractivity (Wildman–Crippen MR) is 156 cm³/mol. The van der Waals surface area contributed by atoms with Gasteiger partial charge in [0.05, 0.1) is 22.2 Å². The Morgan fingerprint density at radius 3 is 2.05 bits per heavy atom. The zero-order valence-corrected chi connectivity index (χ0v) is 20.5. The number of benzene rings is 4. The standard InChI is InChI=1S/C34H22N4/c1-3-12-23(13-4-1)25-16-7-9-18-29(25)38-31-20-11-21-35-32(31)28-22-27-26-17-8-10-19-30(26)37(33(27)36-34(28)38)24-14-5-2-6-15-24/h1-22H. The monoisotopic (exact) mass is 486 g/mol. The molecule has 4 nitrogen and oxygen atoms in total. The molecule has 178 valence electrons. The summed E-state index contributed by atoms with van der Waals surface area (Å²) in [6.07, 6.45) is 1.87. The maximum absolute atomic E-state index is 5.43. The van der Waals surface area contributed by atoms with Crippen LogP contribution >= 0.6 is 0 Å². The van der Waals surface area contributed by atoms with Gasteiger partial charge in [-0.25, -0.2) is 4.98 Å². The van der Waals surface area contributed by atoms with Crippen molar-refractivity contribution in [3.8, 4) is 22.5 Å². The lowest BCUT2D eigenvalue weighted by Gasteiger charge is -2.13. The van der Waals surface area contributed by atoms with Crippen molar-refractivity contribution in [3.05, 3.63) is 134 Å². The highest BCUT2D eigenvalue weighted by Gasteiger charge is 2.21. The van der Waals surface area contributed by atoms with E-state index >= 15 is 0 Å². The SMILES string of the molecule is c1ccc(-c2ccccc2-n2c3cccnc3c3cc4c5ccccc5n(-c5ccccc5)c4nc32)cc1. The average Bonchev–Trinajstić information content (AvgIpc) is 3.49. The van der Waals surface area contributed by atoms with Crippen molar-refractivity contribution < 1.29 is 0 Å². The molecule has 38 heavy (non-hydrogen) atoms. The minimum absolute atomic E-state index is 0.898. The average molecular weight is 487 g/mol. The summed E-state index contributed by atoms with van der Waals surface area (Å²) < 4.78 is 4.54. The molecule has 4 aromatic carbocycles. The lowest BCUT2D eigenvalue weighted by molar-refractivity contribution is 1.11. The van der Waals surface area contributed by atoms with Crippen LogP contribution in [0.15, 0.2) is 134 Å². The van der Waals surface area contributed by atoms with Crippen molar-refractivity contribution in [2.75, 3.05) is 0 Å². The topological polar surface area (TPSA) is 35.6 Å². The second-order valence-electron chi connectivity index (χ2n) is 9.51. The van der Waals surface area contributed by atoms with Gasteiger partial charge in [-0.15, -0.1) is 0 Å². The molecule has 0 aliphatic heterocycles. The van der Waals surface area contributed by atoms with Crippen LogP contribution in [0.4, 0.5) is 0 Å². The summed E-state index contributed by atoms with van der Waals surface area (Å²) in [5.41, 5.74) is 9.47. The van der Waals surface area contributed by atoms with Crippen molar-refractivity contribution in [3.63, 3.8) is 0 Å². The van der Waals surface area contributed by atoms with Gasteiger partial charge >= 0.3 is 0 Å². The maximum Gasteiger partial charge on any atom is 0.149 e. The molecule has 0 saturated carbocycles. The summed E-state index contributed by atoms with van der Waals surface area (Å²) in [7, 11) is 0. The van der Waals surface area contributed by atoms with Crippen LogP contribution in [0.1, 0.15) is 0 Å². The Morgan fingerprint density at radius 1 is 0.500 bits per heavy atom. The van der Waals surface area contributed by atoms with E-state index in [0.29, 0.717) is 0 Å². The molecule has 0 amide bonds. The summed E-state index contributed by atoms with van der Waals surface area (Å²) in [6.45, 7) is 0. The summed E-state index contributed by atoms with van der Waals surface area (Å²) in [5, 5.41) is 3.35. The van der Waals surface area contributed by atoms with Gasteiger partial charge in [0, 0.05) is 33.6 Å². The lowest BCUT2D eigenvalue weighted by Crippen LogP contribution is -2.00. The second kappa shape index (κ2) is 8.15. The number of hydrogen-bond donors (Lipinski definition) is 0. The number of fused-ring (bicyclic) bond motifs is 6. The van der Waals surface area contributed by atoms with Crippen LogP contribution in [-0.2, 0) is 0 Å². The molecule has 0 N–H and O–H groups in total. The first-order valence-electron chi connectivity index (χ1n) is 12.8. The number of nitrogens with zero attached hydrogens (tertiary/aromatic N) is 4. The number of pyridine rings is 2. The fourth-order valence-electron chi connectivity index (χ4n) is 5.73. The Hall–Kier alpha value is -5.22. The molecule has 4 heteroatoms. The first-order chi connectivity index (χ1) is 18.9. The zero-order chi connectivity index (χ0) is 25.1. The van der Waals surface area contributed by atoms with Crippen LogP contribution in [0.2, 0.25) is 0 Å². The van der Waals surface area contributed by atoms with Crippen LogP contribution in [0.3, 0.4) is 0 Å². The normalized spacial score (nSPS) is 11.7. The Kier molecular flexibility index (Phi) is 4.49. The molecule has 0 aliphatic carbocycles. The van der Waals surface area contributed by atoms with Crippen molar-refractivity contribution in [1.82, 2.24) is 19.1 Å². The first-order valence-corrected chi connectivity index (χ1v) is 12.8. The van der Waals surface area contributed by atoms with Crippen LogP contribution in [-0.4, -0.2) is 19.1 Å². The molecule has 0 aliphatic rings. The minimum atomic E-state index is 0.898.